The van der Waals surface area contributed by atoms with E-state index in [2.05, 4.69) is 9.47 Å². The minimum absolute atomic E-state index is 0. The first-order chi connectivity index (χ1) is 17.2. The van der Waals surface area contributed by atoms with E-state index >= 15 is 0 Å². The smallest absolute Gasteiger partial charge is 0.425 e. The predicted octanol–water partition coefficient (Wildman–Crippen LogP) is 4.20. The lowest BCUT2D eigenvalue weighted by atomic mass is 10.0. The summed E-state index contributed by atoms with van der Waals surface area (Å²) in [6.45, 7) is 4.11. The van der Waals surface area contributed by atoms with Crippen molar-refractivity contribution in [2.75, 3.05) is 45.8 Å². The first-order valence-corrected chi connectivity index (χ1v) is 12.7. The Kier molecular flexibility index (Phi) is 9.75. The number of para-hydroxylation sites is 1. The second-order valence-electron chi connectivity index (χ2n) is 9.30. The zero-order valence-corrected chi connectivity index (χ0v) is 22.9. The molecule has 0 aliphatic carbocycles. The number of benzene rings is 1. The molecule has 1 N–H and O–H groups in total. The number of aromatic nitrogens is 1. The third-order valence-corrected chi connectivity index (χ3v) is 8.07. The van der Waals surface area contributed by atoms with Gasteiger partial charge in [-0.2, -0.15) is 13.2 Å². The van der Waals surface area contributed by atoms with Gasteiger partial charge in [-0.1, -0.05) is 18.2 Å². The Labute approximate surface area is 234 Å². The second-order valence-corrected chi connectivity index (χ2v) is 10.5. The lowest BCUT2D eigenvalue weighted by Crippen LogP contribution is -2.51. The number of hydrogen-bond acceptors (Lipinski definition) is 5. The van der Waals surface area contributed by atoms with Gasteiger partial charge in [-0.3, -0.25) is 19.4 Å². The summed E-state index contributed by atoms with van der Waals surface area (Å²) in [5.41, 5.74) is 3.10. The first-order valence-electron chi connectivity index (χ1n) is 11.9. The Morgan fingerprint density at radius 2 is 1.58 bits per heavy atom. The zero-order chi connectivity index (χ0) is 25.4. The highest BCUT2D eigenvalue weighted by Gasteiger charge is 2.33. The molecule has 1 amide bonds. The van der Waals surface area contributed by atoms with Crippen molar-refractivity contribution in [3.05, 3.63) is 57.4 Å². The fourth-order valence-electron chi connectivity index (χ4n) is 5.15. The maximum absolute atomic E-state index is 13.2. The molecule has 3 aromatic rings. The number of hydrogen-bond donors (Lipinski definition) is 1. The van der Waals surface area contributed by atoms with Crippen molar-refractivity contribution in [1.29, 1.82) is 0 Å². The molecule has 2 aliphatic rings. The van der Waals surface area contributed by atoms with E-state index < -0.39 is 17.0 Å². The lowest BCUT2D eigenvalue weighted by molar-refractivity contribution is -0.139. The molecule has 1 fully saturated rings. The molecule has 5 rings (SSSR count). The number of alkyl halides is 3. The van der Waals surface area contributed by atoms with Gasteiger partial charge in [0.25, 0.3) is 0 Å². The van der Waals surface area contributed by atoms with Crippen LogP contribution in [-0.4, -0.2) is 82.1 Å². The number of carbonyl (C=O) groups excluding carboxylic acids is 1. The van der Waals surface area contributed by atoms with Gasteiger partial charge in [-0.15, -0.1) is 36.2 Å². The van der Waals surface area contributed by atoms with E-state index in [-0.39, 0.29) is 43.8 Å². The maximum atomic E-state index is 13.2. The molecule has 1 aromatic carbocycles. The second kappa shape index (κ2) is 12.3. The van der Waals surface area contributed by atoms with Gasteiger partial charge < -0.3 is 14.6 Å². The summed E-state index contributed by atoms with van der Waals surface area (Å²) >= 11 is 0.758. The third kappa shape index (κ3) is 6.45. The van der Waals surface area contributed by atoms with Crippen LogP contribution in [0.15, 0.2) is 36.4 Å². The van der Waals surface area contributed by atoms with Gasteiger partial charge in [-0.05, 0) is 30.2 Å². The molecular formula is C25H29Cl2F3N4O3S. The van der Waals surface area contributed by atoms with Gasteiger partial charge in [-0.25, -0.2) is 0 Å². The number of carboxylic acid groups (broad SMARTS) is 1. The predicted molar refractivity (Wildman–Crippen MR) is 144 cm³/mol. The largest absolute Gasteiger partial charge is 0.480 e. The van der Waals surface area contributed by atoms with Crippen LogP contribution >= 0.6 is 36.2 Å². The highest BCUT2D eigenvalue weighted by atomic mass is 35.5. The molecular weight excluding hydrogens is 564 g/mol. The molecule has 0 bridgehead atoms. The number of halogens is 5. The monoisotopic (exact) mass is 592 g/mol. The Bertz CT molecular complexity index is 1290. The standard InChI is InChI=1S/C25H27F3N4O3S.2ClH/c26-25(27,28)22-6-5-17(36-22)13-32-20-4-2-1-3-18(20)19-7-8-31(14-21(19)32)23(33)15-29-9-11-30(12-10-29)16-24(34)35;;/h1-6H,7-16H2,(H,34,35);2*1H. The van der Waals surface area contributed by atoms with Crippen molar-refractivity contribution >= 4 is 58.9 Å². The quantitative estimate of drug-likeness (QED) is 0.464. The van der Waals surface area contributed by atoms with E-state index in [1.165, 1.54) is 6.07 Å². The fourth-order valence-corrected chi connectivity index (χ4v) is 6.01. The molecule has 38 heavy (non-hydrogen) atoms. The molecule has 208 valence electrons. The van der Waals surface area contributed by atoms with Crippen molar-refractivity contribution in [3.8, 4) is 0 Å². The van der Waals surface area contributed by atoms with Crippen LogP contribution in [0.5, 0.6) is 0 Å². The Morgan fingerprint density at radius 3 is 2.21 bits per heavy atom. The molecule has 0 saturated carbocycles. The number of thiophene rings is 1. The molecule has 2 aromatic heterocycles. The Hall–Kier alpha value is -2.31. The van der Waals surface area contributed by atoms with Crippen LogP contribution in [-0.2, 0) is 35.3 Å². The van der Waals surface area contributed by atoms with Crippen LogP contribution in [0.25, 0.3) is 10.9 Å². The Balaban J connectivity index is 0.00000200. The summed E-state index contributed by atoms with van der Waals surface area (Å²) in [7, 11) is 0. The fraction of sp³-hybridized carbons (Fsp3) is 0.440. The van der Waals surface area contributed by atoms with Crippen molar-refractivity contribution in [3.63, 3.8) is 0 Å². The van der Waals surface area contributed by atoms with E-state index in [9.17, 15) is 22.8 Å². The molecule has 7 nitrogen and oxygen atoms in total. The SMILES string of the molecule is Cl.Cl.O=C(O)CN1CCN(CC(=O)N2CCc3c(n(Cc4ccc(C(F)(F)F)s4)c4ccccc34)C2)CC1. The number of rotatable bonds is 6. The van der Waals surface area contributed by atoms with Crippen molar-refractivity contribution < 1.29 is 27.9 Å². The van der Waals surface area contributed by atoms with Crippen LogP contribution in [0.1, 0.15) is 21.0 Å². The molecule has 13 heteroatoms. The van der Waals surface area contributed by atoms with Crippen molar-refractivity contribution in [2.45, 2.75) is 25.7 Å². The lowest BCUT2D eigenvalue weighted by Gasteiger charge is -2.35. The molecule has 4 heterocycles. The van der Waals surface area contributed by atoms with Gasteiger partial charge in [0.1, 0.15) is 4.88 Å². The molecule has 0 spiro atoms. The van der Waals surface area contributed by atoms with Gasteiger partial charge in [0.05, 0.1) is 26.2 Å². The Morgan fingerprint density at radius 1 is 0.921 bits per heavy atom. The summed E-state index contributed by atoms with van der Waals surface area (Å²) in [5.74, 6) is -0.837. The number of carboxylic acids is 1. The van der Waals surface area contributed by atoms with E-state index in [0.717, 1.165) is 39.6 Å². The number of fused-ring (bicyclic) bond motifs is 3. The van der Waals surface area contributed by atoms with E-state index in [0.29, 0.717) is 57.1 Å². The molecule has 0 radical (unpaired) electrons. The summed E-state index contributed by atoms with van der Waals surface area (Å²) in [6.07, 6.45) is -3.66. The van der Waals surface area contributed by atoms with E-state index in [4.69, 9.17) is 5.11 Å². The summed E-state index contributed by atoms with van der Waals surface area (Å²) in [4.78, 5) is 29.9. The van der Waals surface area contributed by atoms with Crippen LogP contribution in [0, 0.1) is 0 Å². The maximum Gasteiger partial charge on any atom is 0.425 e. The molecule has 0 atom stereocenters. The summed E-state index contributed by atoms with van der Waals surface area (Å²) in [6, 6.07) is 10.6. The molecule has 2 aliphatic heterocycles. The average Bonchev–Trinajstić information content (AvgIpc) is 3.44. The summed E-state index contributed by atoms with van der Waals surface area (Å²) < 4.78 is 41.5. The van der Waals surface area contributed by atoms with E-state index in [1.807, 2.05) is 34.1 Å². The van der Waals surface area contributed by atoms with Gasteiger partial charge in [0.15, 0.2) is 0 Å². The third-order valence-electron chi connectivity index (χ3n) is 6.96. The normalized spacial score (nSPS) is 16.6. The van der Waals surface area contributed by atoms with Crippen LogP contribution < -0.4 is 0 Å². The number of amides is 1. The number of nitrogens with zero attached hydrogens (tertiary/aromatic N) is 4. The topological polar surface area (TPSA) is 69.0 Å². The minimum atomic E-state index is -4.36. The minimum Gasteiger partial charge on any atom is -0.480 e. The average molecular weight is 593 g/mol. The first kappa shape index (κ1) is 30.2. The molecule has 1 saturated heterocycles. The number of carbonyl (C=O) groups is 2. The van der Waals surface area contributed by atoms with Crippen molar-refractivity contribution in [2.24, 2.45) is 0 Å². The zero-order valence-electron chi connectivity index (χ0n) is 20.4. The van der Waals surface area contributed by atoms with Gasteiger partial charge >= 0.3 is 12.1 Å². The van der Waals surface area contributed by atoms with Crippen LogP contribution in [0.2, 0.25) is 0 Å². The highest BCUT2D eigenvalue weighted by Crippen LogP contribution is 2.36. The van der Waals surface area contributed by atoms with Crippen molar-refractivity contribution in [1.82, 2.24) is 19.3 Å². The molecule has 0 unspecified atom stereocenters. The number of aliphatic carboxylic acids is 1. The summed E-state index contributed by atoms with van der Waals surface area (Å²) in [5, 5.41) is 10.0. The van der Waals surface area contributed by atoms with E-state index in [1.54, 1.807) is 0 Å². The number of piperazine rings is 1. The van der Waals surface area contributed by atoms with Crippen LogP contribution in [0.3, 0.4) is 0 Å². The van der Waals surface area contributed by atoms with Gasteiger partial charge in [0.2, 0.25) is 5.91 Å². The van der Waals surface area contributed by atoms with Gasteiger partial charge in [0, 0.05) is 54.2 Å². The van der Waals surface area contributed by atoms with Crippen LogP contribution in [0.4, 0.5) is 13.2 Å². The highest BCUT2D eigenvalue weighted by molar-refractivity contribution is 7.12.